The van der Waals surface area contributed by atoms with Crippen LogP contribution in [0.1, 0.15) is 36.9 Å². The van der Waals surface area contributed by atoms with Gasteiger partial charge >= 0.3 is 5.97 Å². The normalized spacial score (nSPS) is 16.7. The van der Waals surface area contributed by atoms with Gasteiger partial charge < -0.3 is 14.4 Å². The number of rotatable bonds is 6. The number of ether oxygens (including phenoxy) is 2. The Bertz CT molecular complexity index is 781. The van der Waals surface area contributed by atoms with Gasteiger partial charge in [-0.05, 0) is 29.7 Å². The van der Waals surface area contributed by atoms with E-state index in [-0.39, 0.29) is 12.0 Å². The molecule has 26 heavy (non-hydrogen) atoms. The first-order valence-corrected chi connectivity index (χ1v) is 8.92. The fourth-order valence-corrected chi connectivity index (χ4v) is 3.63. The van der Waals surface area contributed by atoms with Crippen molar-refractivity contribution < 1.29 is 14.3 Å². The number of nitrogens with zero attached hydrogens (tertiary/aromatic N) is 1. The Labute approximate surface area is 155 Å². The van der Waals surface area contributed by atoms with E-state index in [0.29, 0.717) is 6.42 Å². The van der Waals surface area contributed by atoms with Crippen LogP contribution in [0.25, 0.3) is 0 Å². The van der Waals surface area contributed by atoms with Crippen molar-refractivity contribution in [2.24, 2.45) is 0 Å². The molecule has 1 unspecified atom stereocenters. The Morgan fingerprint density at radius 3 is 2.35 bits per heavy atom. The molecule has 0 saturated carbocycles. The molecule has 4 heteroatoms. The van der Waals surface area contributed by atoms with Crippen LogP contribution in [0, 0.1) is 0 Å². The van der Waals surface area contributed by atoms with Gasteiger partial charge in [-0.15, -0.1) is 0 Å². The summed E-state index contributed by atoms with van der Waals surface area (Å²) >= 11 is 0. The number of carbonyl (C=O) groups excluding carboxylic acids is 1. The highest BCUT2D eigenvalue weighted by molar-refractivity contribution is 5.90. The lowest BCUT2D eigenvalue weighted by Gasteiger charge is -2.30. The number of carbonyl (C=O) groups is 1. The second-order valence-electron chi connectivity index (χ2n) is 6.38. The Morgan fingerprint density at radius 1 is 1.08 bits per heavy atom. The van der Waals surface area contributed by atoms with E-state index >= 15 is 0 Å². The van der Waals surface area contributed by atoms with E-state index < -0.39 is 0 Å². The molecule has 2 aromatic rings. The summed E-state index contributed by atoms with van der Waals surface area (Å²) in [4.78, 5) is 14.7. The molecular weight excluding hydrogens is 326 g/mol. The first-order chi connectivity index (χ1) is 12.7. The number of hydrogen-bond donors (Lipinski definition) is 0. The van der Waals surface area contributed by atoms with Gasteiger partial charge in [-0.3, -0.25) is 0 Å². The second kappa shape index (κ2) is 8.09. The molecule has 0 aliphatic carbocycles. The van der Waals surface area contributed by atoms with Crippen molar-refractivity contribution in [1.29, 1.82) is 0 Å². The first kappa shape index (κ1) is 18.1. The molecule has 0 amide bonds. The van der Waals surface area contributed by atoms with Crippen LogP contribution in [0.4, 0.5) is 0 Å². The summed E-state index contributed by atoms with van der Waals surface area (Å²) in [7, 11) is 3.11. The van der Waals surface area contributed by atoms with E-state index in [2.05, 4.69) is 36.1 Å². The van der Waals surface area contributed by atoms with Gasteiger partial charge in [0.25, 0.3) is 0 Å². The molecule has 0 spiro atoms. The molecule has 1 aliphatic heterocycles. The maximum atomic E-state index is 12.3. The molecule has 0 N–H and O–H groups in total. The van der Waals surface area contributed by atoms with Gasteiger partial charge in [0, 0.05) is 18.7 Å². The number of methoxy groups -OCH3 is 2. The molecule has 0 radical (unpaired) electrons. The lowest BCUT2D eigenvalue weighted by Crippen LogP contribution is -2.23. The Morgan fingerprint density at radius 2 is 1.77 bits per heavy atom. The van der Waals surface area contributed by atoms with Gasteiger partial charge in [0.2, 0.25) is 0 Å². The van der Waals surface area contributed by atoms with Gasteiger partial charge in [0.15, 0.2) is 0 Å². The maximum Gasteiger partial charge on any atom is 0.335 e. The molecule has 1 heterocycles. The summed E-state index contributed by atoms with van der Waals surface area (Å²) in [6.07, 6.45) is 1.46. The van der Waals surface area contributed by atoms with Crippen LogP contribution in [0.3, 0.4) is 0 Å². The summed E-state index contributed by atoms with van der Waals surface area (Å²) in [6, 6.07) is 18.6. The van der Waals surface area contributed by atoms with Crippen molar-refractivity contribution in [1.82, 2.24) is 4.90 Å². The Hall–Kier alpha value is -2.75. The predicted octanol–water partition coefficient (Wildman–Crippen LogP) is 4.48. The third kappa shape index (κ3) is 3.59. The van der Waals surface area contributed by atoms with Gasteiger partial charge in [0.1, 0.15) is 5.75 Å². The second-order valence-corrected chi connectivity index (χ2v) is 6.38. The number of benzene rings is 2. The molecular formula is C22H25NO3. The quantitative estimate of drug-likeness (QED) is 0.719. The summed E-state index contributed by atoms with van der Waals surface area (Å²) < 4.78 is 10.3. The summed E-state index contributed by atoms with van der Waals surface area (Å²) in [5.74, 6) is 0.606. The summed E-state index contributed by atoms with van der Waals surface area (Å²) in [5.41, 5.74) is 4.25. The molecule has 0 bridgehead atoms. The van der Waals surface area contributed by atoms with E-state index in [4.69, 9.17) is 9.47 Å². The van der Waals surface area contributed by atoms with E-state index in [1.807, 2.05) is 30.3 Å². The predicted molar refractivity (Wildman–Crippen MR) is 102 cm³/mol. The van der Waals surface area contributed by atoms with Crippen LogP contribution in [-0.2, 0) is 16.1 Å². The highest BCUT2D eigenvalue weighted by Gasteiger charge is 2.35. The lowest BCUT2D eigenvalue weighted by molar-refractivity contribution is -0.136. The van der Waals surface area contributed by atoms with Crippen molar-refractivity contribution in [3.05, 3.63) is 77.0 Å². The zero-order valence-corrected chi connectivity index (χ0v) is 15.6. The van der Waals surface area contributed by atoms with Gasteiger partial charge in [-0.1, -0.05) is 49.4 Å². The van der Waals surface area contributed by atoms with E-state index in [1.54, 1.807) is 7.11 Å². The van der Waals surface area contributed by atoms with E-state index in [1.165, 1.54) is 18.2 Å². The molecule has 2 aromatic carbocycles. The van der Waals surface area contributed by atoms with Crippen LogP contribution in [0.5, 0.6) is 5.75 Å². The standard InChI is InChI=1S/C22H25NO3/c1-4-20-19(22(24)26-3)14-21(17-10-12-18(25-2)13-11-17)23(20)15-16-8-6-5-7-9-16/h5-13,21H,4,14-15H2,1-3H3. The number of hydrogen-bond acceptors (Lipinski definition) is 4. The number of allylic oxidation sites excluding steroid dienone is 1. The van der Waals surface area contributed by atoms with Gasteiger partial charge in [-0.25, -0.2) is 4.79 Å². The number of esters is 1. The molecule has 0 fully saturated rings. The Kier molecular flexibility index (Phi) is 5.61. The molecule has 136 valence electrons. The highest BCUT2D eigenvalue weighted by Crippen LogP contribution is 2.42. The van der Waals surface area contributed by atoms with Gasteiger partial charge in [0.05, 0.1) is 25.8 Å². The third-order valence-corrected chi connectivity index (χ3v) is 4.93. The minimum atomic E-state index is -0.226. The average Bonchev–Trinajstić information content (AvgIpc) is 3.06. The smallest absolute Gasteiger partial charge is 0.335 e. The van der Waals surface area contributed by atoms with Crippen molar-refractivity contribution in [3.8, 4) is 5.75 Å². The van der Waals surface area contributed by atoms with Crippen molar-refractivity contribution in [3.63, 3.8) is 0 Å². The Balaban J connectivity index is 1.97. The zero-order valence-electron chi connectivity index (χ0n) is 15.6. The van der Waals surface area contributed by atoms with Crippen molar-refractivity contribution in [2.45, 2.75) is 32.4 Å². The molecule has 1 aliphatic rings. The van der Waals surface area contributed by atoms with Crippen LogP contribution >= 0.6 is 0 Å². The fourth-order valence-electron chi connectivity index (χ4n) is 3.63. The van der Waals surface area contributed by atoms with E-state index in [0.717, 1.165) is 30.0 Å². The average molecular weight is 351 g/mol. The minimum Gasteiger partial charge on any atom is -0.497 e. The van der Waals surface area contributed by atoms with Gasteiger partial charge in [-0.2, -0.15) is 0 Å². The van der Waals surface area contributed by atoms with Crippen molar-refractivity contribution in [2.75, 3.05) is 14.2 Å². The molecule has 1 atom stereocenters. The first-order valence-electron chi connectivity index (χ1n) is 8.92. The zero-order chi connectivity index (χ0) is 18.5. The summed E-state index contributed by atoms with van der Waals surface area (Å²) in [6.45, 7) is 2.86. The van der Waals surface area contributed by atoms with E-state index in [9.17, 15) is 4.79 Å². The molecule has 4 nitrogen and oxygen atoms in total. The topological polar surface area (TPSA) is 38.8 Å². The molecule has 0 aromatic heterocycles. The third-order valence-electron chi connectivity index (χ3n) is 4.93. The summed E-state index contributed by atoms with van der Waals surface area (Å²) in [5, 5.41) is 0. The van der Waals surface area contributed by atoms with Crippen LogP contribution in [-0.4, -0.2) is 25.1 Å². The van der Waals surface area contributed by atoms with Crippen molar-refractivity contribution >= 4 is 5.97 Å². The minimum absolute atomic E-state index is 0.116. The van der Waals surface area contributed by atoms with Crippen LogP contribution < -0.4 is 4.74 Å². The largest absolute Gasteiger partial charge is 0.497 e. The maximum absolute atomic E-state index is 12.3. The SMILES string of the molecule is CCC1=C(C(=O)OC)CC(c2ccc(OC)cc2)N1Cc1ccccc1. The lowest BCUT2D eigenvalue weighted by atomic mass is 10.0. The van der Waals surface area contributed by atoms with Crippen LogP contribution in [0.15, 0.2) is 65.9 Å². The molecule has 0 saturated heterocycles. The highest BCUT2D eigenvalue weighted by atomic mass is 16.5. The fraction of sp³-hybridized carbons (Fsp3) is 0.318. The molecule has 3 rings (SSSR count). The van der Waals surface area contributed by atoms with Crippen LogP contribution in [0.2, 0.25) is 0 Å². The monoisotopic (exact) mass is 351 g/mol.